The second-order valence-corrected chi connectivity index (χ2v) is 14.8. The van der Waals surface area contributed by atoms with Crippen LogP contribution in [-0.4, -0.2) is 20.3 Å². The van der Waals surface area contributed by atoms with Crippen molar-refractivity contribution in [2.45, 2.75) is 45.5 Å². The zero-order valence-corrected chi connectivity index (χ0v) is 22.0. The van der Waals surface area contributed by atoms with Crippen LogP contribution < -0.4 is 14.7 Å². The van der Waals surface area contributed by atoms with Crippen LogP contribution in [0.4, 0.5) is 4.39 Å². The van der Waals surface area contributed by atoms with Gasteiger partial charge in [0.15, 0.2) is 0 Å². The van der Waals surface area contributed by atoms with Crippen molar-refractivity contribution >= 4 is 36.5 Å². The first-order valence-corrected chi connectivity index (χ1v) is 15.1. The second-order valence-electron chi connectivity index (χ2n) is 8.99. The molecule has 1 unspecified atom stereocenters. The van der Waals surface area contributed by atoms with E-state index < -0.39 is 20.0 Å². The maximum Gasteiger partial charge on any atom is 0.137 e. The molecule has 0 aliphatic carbocycles. The number of aryl methyl sites for hydroxylation is 1. The standard InChI is InChI=1S/C26H29Cl2FO3Si/c1-6-7-16-14-19(32-18-10-8-17(27)9-11-18)12-13-20(16)25(30)21-15-22(31-2)23(28)26(24(21)29)33(3,4)5/h8-15,25,30H,6-7H2,1-5H3. The summed E-state index contributed by atoms with van der Waals surface area (Å²) in [6, 6.07) is 14.0. The van der Waals surface area contributed by atoms with Gasteiger partial charge in [-0.3, -0.25) is 0 Å². The average Bonchev–Trinajstić information content (AvgIpc) is 2.75. The van der Waals surface area contributed by atoms with E-state index in [1.807, 2.05) is 25.7 Å². The van der Waals surface area contributed by atoms with E-state index >= 15 is 4.39 Å². The highest BCUT2D eigenvalue weighted by Crippen LogP contribution is 2.36. The van der Waals surface area contributed by atoms with Crippen molar-refractivity contribution in [3.05, 3.63) is 81.1 Å². The van der Waals surface area contributed by atoms with Crippen LogP contribution in [0.3, 0.4) is 0 Å². The summed E-state index contributed by atoms with van der Waals surface area (Å²) in [7, 11) is -0.666. The summed E-state index contributed by atoms with van der Waals surface area (Å²) in [5, 5.41) is 12.7. The highest BCUT2D eigenvalue weighted by Gasteiger charge is 2.31. The highest BCUT2D eigenvalue weighted by atomic mass is 35.5. The Kier molecular flexibility index (Phi) is 8.11. The third-order valence-electron chi connectivity index (χ3n) is 5.44. The van der Waals surface area contributed by atoms with Crippen molar-refractivity contribution in [3.63, 3.8) is 0 Å². The number of aliphatic hydroxyl groups excluding tert-OH is 1. The van der Waals surface area contributed by atoms with Gasteiger partial charge in [-0.2, -0.15) is 0 Å². The van der Waals surface area contributed by atoms with Crippen molar-refractivity contribution in [2.24, 2.45) is 0 Å². The topological polar surface area (TPSA) is 38.7 Å². The maximum atomic E-state index is 15.7. The fraction of sp³-hybridized carbons (Fsp3) is 0.308. The van der Waals surface area contributed by atoms with Crippen LogP contribution in [0.15, 0.2) is 48.5 Å². The zero-order chi connectivity index (χ0) is 24.3. The molecule has 0 amide bonds. The third-order valence-corrected chi connectivity index (χ3v) is 8.19. The Morgan fingerprint density at radius 1 is 0.970 bits per heavy atom. The lowest BCUT2D eigenvalue weighted by molar-refractivity contribution is 0.213. The molecule has 0 bridgehead atoms. The van der Waals surface area contributed by atoms with E-state index in [1.165, 1.54) is 13.2 Å². The van der Waals surface area contributed by atoms with E-state index in [9.17, 15) is 5.11 Å². The maximum absolute atomic E-state index is 15.7. The Balaban J connectivity index is 2.06. The first-order chi connectivity index (χ1) is 15.6. The quantitative estimate of drug-likeness (QED) is 0.321. The van der Waals surface area contributed by atoms with Gasteiger partial charge >= 0.3 is 0 Å². The van der Waals surface area contributed by atoms with Gasteiger partial charge in [0.25, 0.3) is 0 Å². The molecule has 0 fully saturated rings. The number of halogens is 3. The molecule has 0 radical (unpaired) electrons. The third kappa shape index (κ3) is 5.72. The van der Waals surface area contributed by atoms with Gasteiger partial charge in [-0.05, 0) is 65.2 Å². The highest BCUT2D eigenvalue weighted by molar-refractivity contribution is 6.90. The number of hydrogen-bond donors (Lipinski definition) is 1. The molecule has 1 N–H and O–H groups in total. The molecule has 3 nitrogen and oxygen atoms in total. The fourth-order valence-electron chi connectivity index (χ4n) is 3.84. The van der Waals surface area contributed by atoms with Crippen LogP contribution in [0.1, 0.15) is 36.1 Å². The summed E-state index contributed by atoms with van der Waals surface area (Å²) in [6.07, 6.45) is 0.395. The van der Waals surface area contributed by atoms with Crippen molar-refractivity contribution in [1.29, 1.82) is 0 Å². The van der Waals surface area contributed by atoms with Crippen LogP contribution in [0.2, 0.25) is 29.7 Å². The lowest BCUT2D eigenvalue weighted by Crippen LogP contribution is -2.42. The molecule has 3 aromatic carbocycles. The van der Waals surface area contributed by atoms with Crippen LogP contribution in [0.5, 0.6) is 17.2 Å². The van der Waals surface area contributed by atoms with Crippen LogP contribution in [0, 0.1) is 5.82 Å². The van der Waals surface area contributed by atoms with Gasteiger partial charge in [-0.25, -0.2) is 4.39 Å². The summed E-state index contributed by atoms with van der Waals surface area (Å²) < 4.78 is 27.1. The van der Waals surface area contributed by atoms with Gasteiger partial charge in [0.1, 0.15) is 29.2 Å². The Morgan fingerprint density at radius 2 is 1.61 bits per heavy atom. The van der Waals surface area contributed by atoms with Gasteiger partial charge < -0.3 is 14.6 Å². The Bertz CT molecular complexity index is 1130. The molecular weight excluding hydrogens is 478 g/mol. The number of aliphatic hydroxyl groups is 1. The van der Waals surface area contributed by atoms with Gasteiger partial charge in [0.05, 0.1) is 20.2 Å². The van der Waals surface area contributed by atoms with E-state index in [1.54, 1.807) is 36.4 Å². The van der Waals surface area contributed by atoms with E-state index in [4.69, 9.17) is 32.7 Å². The van der Waals surface area contributed by atoms with Crippen LogP contribution in [0.25, 0.3) is 0 Å². The first kappa shape index (κ1) is 25.6. The number of benzene rings is 3. The van der Waals surface area contributed by atoms with E-state index in [-0.39, 0.29) is 10.6 Å². The van der Waals surface area contributed by atoms with Gasteiger partial charge in [-0.1, -0.05) is 62.3 Å². The van der Waals surface area contributed by atoms with Crippen molar-refractivity contribution < 1.29 is 19.0 Å². The van der Waals surface area contributed by atoms with Gasteiger partial charge in [-0.15, -0.1) is 0 Å². The molecule has 3 rings (SSSR count). The average molecular weight is 508 g/mol. The molecule has 0 aliphatic heterocycles. The Labute approximate surface area is 206 Å². The summed E-state index contributed by atoms with van der Waals surface area (Å²) in [6.45, 7) is 8.09. The van der Waals surface area contributed by atoms with Gasteiger partial charge in [0, 0.05) is 10.6 Å². The fourth-order valence-corrected chi connectivity index (χ4v) is 6.62. The predicted octanol–water partition coefficient (Wildman–Crippen LogP) is 7.51. The first-order valence-electron chi connectivity index (χ1n) is 10.9. The predicted molar refractivity (Wildman–Crippen MR) is 137 cm³/mol. The molecule has 0 saturated heterocycles. The molecule has 33 heavy (non-hydrogen) atoms. The lowest BCUT2D eigenvalue weighted by atomic mass is 9.93. The largest absolute Gasteiger partial charge is 0.495 e. The summed E-state index contributed by atoms with van der Waals surface area (Å²) in [4.78, 5) is 0. The van der Waals surface area contributed by atoms with E-state index in [0.717, 1.165) is 12.0 Å². The molecule has 0 aromatic heterocycles. The van der Waals surface area contributed by atoms with E-state index in [2.05, 4.69) is 6.92 Å². The number of methoxy groups -OCH3 is 1. The molecule has 0 spiro atoms. The van der Waals surface area contributed by atoms with Crippen molar-refractivity contribution in [3.8, 4) is 17.2 Å². The number of hydrogen-bond acceptors (Lipinski definition) is 3. The zero-order valence-electron chi connectivity index (χ0n) is 19.5. The summed E-state index contributed by atoms with van der Waals surface area (Å²) in [5.74, 6) is 1.19. The normalized spacial score (nSPS) is 12.5. The number of rotatable bonds is 8. The minimum absolute atomic E-state index is 0.164. The minimum Gasteiger partial charge on any atom is -0.495 e. The Hall–Kier alpha value is -2.05. The minimum atomic E-state index is -2.16. The summed E-state index contributed by atoms with van der Waals surface area (Å²) in [5.41, 5.74) is 1.68. The van der Waals surface area contributed by atoms with Crippen LogP contribution in [-0.2, 0) is 6.42 Å². The molecular formula is C26H29Cl2FO3Si. The monoisotopic (exact) mass is 506 g/mol. The molecule has 0 heterocycles. The van der Waals surface area contributed by atoms with Crippen LogP contribution >= 0.6 is 23.2 Å². The number of ether oxygens (including phenoxy) is 2. The molecule has 176 valence electrons. The molecule has 7 heteroatoms. The smallest absolute Gasteiger partial charge is 0.137 e. The Morgan fingerprint density at radius 3 is 2.18 bits per heavy atom. The molecule has 0 saturated carbocycles. The molecule has 1 atom stereocenters. The second kappa shape index (κ2) is 10.5. The van der Waals surface area contributed by atoms with Crippen molar-refractivity contribution in [2.75, 3.05) is 7.11 Å². The van der Waals surface area contributed by atoms with Crippen molar-refractivity contribution in [1.82, 2.24) is 0 Å². The van der Waals surface area contributed by atoms with Gasteiger partial charge in [0.2, 0.25) is 0 Å². The molecule has 0 aliphatic rings. The molecule has 3 aromatic rings. The summed E-state index contributed by atoms with van der Waals surface area (Å²) >= 11 is 12.4. The SMILES string of the molecule is CCCc1cc(Oc2ccc(Cl)cc2)ccc1C(O)c1cc(OC)c(Cl)c([Si](C)(C)C)c1F. The van der Waals surface area contributed by atoms with E-state index in [0.29, 0.717) is 39.4 Å². The lowest BCUT2D eigenvalue weighted by Gasteiger charge is -2.25.